The highest BCUT2D eigenvalue weighted by atomic mass is 19.1. The third-order valence-electron chi connectivity index (χ3n) is 4.32. The molecule has 0 aliphatic rings. The molecule has 0 saturated carbocycles. The summed E-state index contributed by atoms with van der Waals surface area (Å²) in [7, 11) is 0. The summed E-state index contributed by atoms with van der Waals surface area (Å²) >= 11 is 0. The van der Waals surface area contributed by atoms with E-state index < -0.39 is 0 Å². The minimum absolute atomic E-state index is 0.183. The summed E-state index contributed by atoms with van der Waals surface area (Å²) in [5, 5.41) is 7.38. The van der Waals surface area contributed by atoms with Gasteiger partial charge >= 0.3 is 0 Å². The predicted octanol–water partition coefficient (Wildman–Crippen LogP) is 4.18. The zero-order valence-electron chi connectivity index (χ0n) is 15.2. The van der Waals surface area contributed by atoms with E-state index >= 15 is 0 Å². The van der Waals surface area contributed by atoms with Crippen LogP contribution in [0, 0.1) is 19.7 Å². The molecule has 1 N–H and O–H groups in total. The number of nitrogens with one attached hydrogen (secondary N) is 1. The van der Waals surface area contributed by atoms with Gasteiger partial charge in [-0.2, -0.15) is 5.10 Å². The van der Waals surface area contributed by atoms with Crippen molar-refractivity contribution >= 4 is 5.91 Å². The highest BCUT2D eigenvalue weighted by Gasteiger charge is 2.13. The molecule has 2 aromatic carbocycles. The number of carbonyl (C=O) groups excluding carboxylic acids is 1. The molecule has 134 valence electrons. The number of rotatable bonds is 5. The first-order valence-corrected chi connectivity index (χ1v) is 8.58. The van der Waals surface area contributed by atoms with Crippen molar-refractivity contribution in [3.63, 3.8) is 0 Å². The van der Waals surface area contributed by atoms with Crippen LogP contribution < -0.4 is 5.32 Å². The quantitative estimate of drug-likeness (QED) is 0.750. The van der Waals surface area contributed by atoms with Gasteiger partial charge in [-0.1, -0.05) is 24.3 Å². The van der Waals surface area contributed by atoms with Gasteiger partial charge in [0.05, 0.1) is 18.3 Å². The summed E-state index contributed by atoms with van der Waals surface area (Å²) in [6.45, 7) is 6.42. The smallest absolute Gasteiger partial charge is 0.251 e. The van der Waals surface area contributed by atoms with E-state index in [1.54, 1.807) is 18.2 Å². The fourth-order valence-corrected chi connectivity index (χ4v) is 2.96. The van der Waals surface area contributed by atoms with Crippen molar-refractivity contribution in [2.75, 3.05) is 0 Å². The molecule has 1 aromatic heterocycles. The number of amides is 1. The van der Waals surface area contributed by atoms with Crippen LogP contribution in [0.15, 0.2) is 54.6 Å². The molecule has 0 spiro atoms. The number of halogens is 1. The second-order valence-corrected chi connectivity index (χ2v) is 6.54. The van der Waals surface area contributed by atoms with E-state index in [2.05, 4.69) is 10.4 Å². The Labute approximate surface area is 152 Å². The largest absolute Gasteiger partial charge is 0.346 e. The van der Waals surface area contributed by atoms with E-state index in [0.717, 1.165) is 22.5 Å². The minimum Gasteiger partial charge on any atom is -0.346 e. The van der Waals surface area contributed by atoms with Crippen LogP contribution in [-0.2, 0) is 6.54 Å². The van der Waals surface area contributed by atoms with Gasteiger partial charge in [-0.15, -0.1) is 0 Å². The first-order valence-electron chi connectivity index (χ1n) is 8.58. The number of hydrogen-bond acceptors (Lipinski definition) is 2. The number of benzene rings is 2. The highest BCUT2D eigenvalue weighted by Crippen LogP contribution is 2.15. The summed E-state index contributed by atoms with van der Waals surface area (Å²) in [6.07, 6.45) is 0. The standard InChI is InChI=1S/C21H22FN3O/c1-14-10-15(2)25(24-14)13-17-6-4-8-19(11-17)21(26)23-16(3)18-7-5-9-20(22)12-18/h4-12,16H,13H2,1-3H3,(H,23,26)/t16-/m1/s1. The van der Waals surface area contributed by atoms with Crippen LogP contribution >= 0.6 is 0 Å². The van der Waals surface area contributed by atoms with Crippen molar-refractivity contribution < 1.29 is 9.18 Å². The summed E-state index contributed by atoms with van der Waals surface area (Å²) < 4.78 is 15.3. The SMILES string of the molecule is Cc1cc(C)n(Cc2cccc(C(=O)N[C@H](C)c3cccc(F)c3)c2)n1. The predicted molar refractivity (Wildman–Crippen MR) is 99.5 cm³/mol. The average Bonchev–Trinajstić information content (AvgIpc) is 2.92. The van der Waals surface area contributed by atoms with Gasteiger partial charge in [0, 0.05) is 11.3 Å². The number of hydrogen-bond donors (Lipinski definition) is 1. The molecule has 0 bridgehead atoms. The molecule has 0 saturated heterocycles. The molecule has 0 unspecified atom stereocenters. The third-order valence-corrected chi connectivity index (χ3v) is 4.32. The monoisotopic (exact) mass is 351 g/mol. The lowest BCUT2D eigenvalue weighted by Gasteiger charge is -2.15. The minimum atomic E-state index is -0.310. The Morgan fingerprint density at radius 2 is 1.92 bits per heavy atom. The van der Waals surface area contributed by atoms with Crippen LogP contribution in [0.2, 0.25) is 0 Å². The topological polar surface area (TPSA) is 46.9 Å². The lowest BCUT2D eigenvalue weighted by molar-refractivity contribution is 0.0939. The Morgan fingerprint density at radius 3 is 2.62 bits per heavy atom. The molecule has 1 heterocycles. The summed E-state index contributed by atoms with van der Waals surface area (Å²) in [6, 6.07) is 15.5. The molecule has 0 aliphatic carbocycles. The van der Waals surface area contributed by atoms with Crippen LogP contribution in [0.1, 0.15) is 45.8 Å². The van der Waals surface area contributed by atoms with E-state index in [4.69, 9.17) is 0 Å². The zero-order chi connectivity index (χ0) is 18.7. The first-order chi connectivity index (χ1) is 12.4. The number of nitrogens with zero attached hydrogens (tertiary/aromatic N) is 2. The van der Waals surface area contributed by atoms with Crippen LogP contribution in [-0.4, -0.2) is 15.7 Å². The third kappa shape index (κ3) is 4.17. The summed E-state index contributed by atoms with van der Waals surface area (Å²) in [5.74, 6) is -0.493. The molecule has 1 atom stereocenters. The maximum Gasteiger partial charge on any atom is 0.251 e. The van der Waals surface area contributed by atoms with E-state index in [9.17, 15) is 9.18 Å². The Bertz CT molecular complexity index is 933. The molecule has 0 fully saturated rings. The van der Waals surface area contributed by atoms with Gasteiger partial charge in [-0.25, -0.2) is 4.39 Å². The molecule has 3 rings (SSSR count). The van der Waals surface area contributed by atoms with Crippen LogP contribution in [0.5, 0.6) is 0 Å². The van der Waals surface area contributed by atoms with Crippen molar-refractivity contribution in [3.05, 3.63) is 88.5 Å². The Kier molecular flexibility index (Phi) is 5.16. The molecular weight excluding hydrogens is 329 g/mol. The maximum atomic E-state index is 13.4. The fraction of sp³-hybridized carbons (Fsp3) is 0.238. The number of carbonyl (C=O) groups is 1. The summed E-state index contributed by atoms with van der Waals surface area (Å²) in [5.41, 5.74) is 4.36. The molecule has 5 heteroatoms. The van der Waals surface area contributed by atoms with Gasteiger partial charge < -0.3 is 5.32 Å². The normalized spacial score (nSPS) is 12.0. The maximum absolute atomic E-state index is 13.4. The first kappa shape index (κ1) is 17.9. The molecular formula is C21H22FN3O. The van der Waals surface area contributed by atoms with Gasteiger partial charge in [0.25, 0.3) is 5.91 Å². The summed E-state index contributed by atoms with van der Waals surface area (Å²) in [4.78, 5) is 12.6. The fourth-order valence-electron chi connectivity index (χ4n) is 2.96. The van der Waals surface area contributed by atoms with Crippen molar-refractivity contribution in [1.29, 1.82) is 0 Å². The van der Waals surface area contributed by atoms with Crippen LogP contribution in [0.3, 0.4) is 0 Å². The second-order valence-electron chi connectivity index (χ2n) is 6.54. The lowest BCUT2D eigenvalue weighted by Crippen LogP contribution is -2.26. The van der Waals surface area contributed by atoms with Gasteiger partial charge in [0.15, 0.2) is 0 Å². The van der Waals surface area contributed by atoms with Crippen molar-refractivity contribution in [2.45, 2.75) is 33.4 Å². The molecule has 0 aliphatic heterocycles. The average molecular weight is 351 g/mol. The lowest BCUT2D eigenvalue weighted by atomic mass is 10.1. The van der Waals surface area contributed by atoms with Gasteiger partial charge in [-0.3, -0.25) is 9.48 Å². The molecule has 4 nitrogen and oxygen atoms in total. The van der Waals surface area contributed by atoms with Gasteiger partial charge in [0.1, 0.15) is 5.82 Å². The van der Waals surface area contributed by atoms with E-state index in [1.165, 1.54) is 12.1 Å². The Morgan fingerprint density at radius 1 is 1.15 bits per heavy atom. The van der Waals surface area contributed by atoms with Crippen LogP contribution in [0.25, 0.3) is 0 Å². The number of aryl methyl sites for hydroxylation is 2. The second kappa shape index (κ2) is 7.52. The van der Waals surface area contributed by atoms with E-state index in [-0.39, 0.29) is 17.8 Å². The molecule has 3 aromatic rings. The van der Waals surface area contributed by atoms with Crippen molar-refractivity contribution in [3.8, 4) is 0 Å². The van der Waals surface area contributed by atoms with Gasteiger partial charge in [-0.05, 0) is 62.2 Å². The Hall–Kier alpha value is -2.95. The molecule has 26 heavy (non-hydrogen) atoms. The van der Waals surface area contributed by atoms with E-state index in [1.807, 2.05) is 49.7 Å². The van der Waals surface area contributed by atoms with Crippen molar-refractivity contribution in [1.82, 2.24) is 15.1 Å². The van der Waals surface area contributed by atoms with E-state index in [0.29, 0.717) is 12.1 Å². The Balaban J connectivity index is 1.72. The molecule has 1 amide bonds. The number of aromatic nitrogens is 2. The van der Waals surface area contributed by atoms with Crippen LogP contribution in [0.4, 0.5) is 4.39 Å². The zero-order valence-corrected chi connectivity index (χ0v) is 15.2. The van der Waals surface area contributed by atoms with Gasteiger partial charge in [0.2, 0.25) is 0 Å². The highest BCUT2D eigenvalue weighted by molar-refractivity contribution is 5.94. The molecule has 0 radical (unpaired) electrons. The van der Waals surface area contributed by atoms with Crippen molar-refractivity contribution in [2.24, 2.45) is 0 Å².